The van der Waals surface area contributed by atoms with Crippen LogP contribution in [0.15, 0.2) is 41.2 Å². The first-order valence-corrected chi connectivity index (χ1v) is 10.2. The molecule has 1 aliphatic carbocycles. The maximum Gasteiger partial charge on any atom is 0.414 e. The Morgan fingerprint density at radius 1 is 1.10 bits per heavy atom. The van der Waals surface area contributed by atoms with Gasteiger partial charge < -0.3 is 9.72 Å². The lowest BCUT2D eigenvalue weighted by Gasteiger charge is -2.21. The first-order valence-electron chi connectivity index (χ1n) is 10.2. The summed E-state index contributed by atoms with van der Waals surface area (Å²) in [5.74, 6) is -0.178. The van der Waals surface area contributed by atoms with Gasteiger partial charge in [-0.25, -0.2) is 19.3 Å². The van der Waals surface area contributed by atoms with Gasteiger partial charge in [0.15, 0.2) is 0 Å². The van der Waals surface area contributed by atoms with Crippen molar-refractivity contribution in [1.82, 2.24) is 20.2 Å². The Hall–Kier alpha value is -3.75. The van der Waals surface area contributed by atoms with Gasteiger partial charge in [0, 0.05) is 10.9 Å². The molecule has 0 saturated heterocycles. The second-order valence-corrected chi connectivity index (χ2v) is 7.70. The minimum atomic E-state index is -0.532. The summed E-state index contributed by atoms with van der Waals surface area (Å²) >= 11 is 0. The molecule has 0 aliphatic heterocycles. The minimum absolute atomic E-state index is 0.0512. The van der Waals surface area contributed by atoms with Gasteiger partial charge in [-0.05, 0) is 56.0 Å². The number of benzene rings is 2. The largest absolute Gasteiger partial charge is 0.446 e. The third kappa shape index (κ3) is 3.86. The Kier molecular flexibility index (Phi) is 4.85. The van der Waals surface area contributed by atoms with Crippen LogP contribution in [0.5, 0.6) is 0 Å². The molecule has 158 valence electrons. The Balaban J connectivity index is 1.43. The summed E-state index contributed by atoms with van der Waals surface area (Å²) < 4.78 is 19.3. The number of amides is 1. The SMILES string of the molecule is O=C(Nc1nc2cc(-c3n[nH]c(=O)c4ccc(F)cc34)ccc2[nH]1)OC1CCCCC1. The number of nitrogens with one attached hydrogen (secondary N) is 3. The fraction of sp³-hybridized carbons (Fsp3) is 0.273. The average Bonchev–Trinajstić information content (AvgIpc) is 3.15. The molecule has 31 heavy (non-hydrogen) atoms. The van der Waals surface area contributed by atoms with Crippen molar-refractivity contribution in [2.75, 3.05) is 5.32 Å². The van der Waals surface area contributed by atoms with Crippen LogP contribution in [0.1, 0.15) is 32.1 Å². The molecule has 2 aromatic heterocycles. The summed E-state index contributed by atoms with van der Waals surface area (Å²) in [6.07, 6.45) is 4.51. The number of imidazole rings is 1. The summed E-state index contributed by atoms with van der Waals surface area (Å²) in [7, 11) is 0. The molecule has 0 spiro atoms. The molecule has 5 rings (SSSR count). The molecule has 2 heterocycles. The van der Waals surface area contributed by atoms with Crippen molar-refractivity contribution in [1.29, 1.82) is 0 Å². The Bertz CT molecular complexity index is 1340. The van der Waals surface area contributed by atoms with Gasteiger partial charge in [0.2, 0.25) is 5.95 Å². The molecule has 0 unspecified atom stereocenters. The molecule has 1 saturated carbocycles. The molecule has 8 nitrogen and oxygen atoms in total. The van der Waals surface area contributed by atoms with Crippen LogP contribution in [0.4, 0.5) is 15.1 Å². The van der Waals surface area contributed by atoms with Crippen LogP contribution in [-0.4, -0.2) is 32.4 Å². The predicted octanol–water partition coefficient (Wildman–Crippen LogP) is 4.49. The number of ether oxygens (including phenoxy) is 1. The maximum atomic E-state index is 13.8. The lowest BCUT2D eigenvalue weighted by atomic mass is 9.98. The van der Waals surface area contributed by atoms with Crippen molar-refractivity contribution < 1.29 is 13.9 Å². The van der Waals surface area contributed by atoms with E-state index in [1.54, 1.807) is 18.2 Å². The number of carbonyl (C=O) groups excluding carboxylic acids is 1. The highest BCUT2D eigenvalue weighted by Crippen LogP contribution is 2.28. The van der Waals surface area contributed by atoms with Crippen molar-refractivity contribution in [2.24, 2.45) is 0 Å². The molecule has 2 aromatic carbocycles. The second kappa shape index (κ2) is 7.82. The van der Waals surface area contributed by atoms with Gasteiger partial charge in [-0.1, -0.05) is 12.5 Å². The summed E-state index contributed by atoms with van der Waals surface area (Å²) in [5.41, 5.74) is 2.00. The van der Waals surface area contributed by atoms with Gasteiger partial charge in [-0.3, -0.25) is 10.1 Å². The summed E-state index contributed by atoms with van der Waals surface area (Å²) in [6, 6.07) is 9.29. The smallest absolute Gasteiger partial charge is 0.414 e. The first kappa shape index (κ1) is 19.2. The number of fused-ring (bicyclic) bond motifs is 2. The van der Waals surface area contributed by atoms with Crippen LogP contribution in [0, 0.1) is 5.82 Å². The van der Waals surface area contributed by atoms with Crippen LogP contribution in [0.2, 0.25) is 0 Å². The van der Waals surface area contributed by atoms with E-state index in [9.17, 15) is 14.0 Å². The second-order valence-electron chi connectivity index (χ2n) is 7.70. The van der Waals surface area contributed by atoms with E-state index in [1.807, 2.05) is 0 Å². The molecule has 9 heteroatoms. The quantitative estimate of drug-likeness (QED) is 0.451. The monoisotopic (exact) mass is 421 g/mol. The molecule has 0 bridgehead atoms. The van der Waals surface area contributed by atoms with E-state index in [0.717, 1.165) is 25.7 Å². The zero-order valence-electron chi connectivity index (χ0n) is 16.6. The molecule has 3 N–H and O–H groups in total. The Morgan fingerprint density at radius 2 is 1.94 bits per heavy atom. The summed E-state index contributed by atoms with van der Waals surface area (Å²) in [6.45, 7) is 0. The Labute approximate surface area is 175 Å². The highest BCUT2D eigenvalue weighted by molar-refractivity contribution is 5.96. The van der Waals surface area contributed by atoms with Gasteiger partial charge in [-0.2, -0.15) is 5.10 Å². The average molecular weight is 421 g/mol. The standard InChI is InChI=1S/C22H20FN5O3/c23-13-7-8-15-16(11-13)19(27-28-20(15)29)12-6-9-17-18(10-12)25-21(24-17)26-22(30)31-14-4-2-1-3-5-14/h6-11,14H,1-5H2,(H,28,29)(H2,24,25,26,30). The van der Waals surface area contributed by atoms with E-state index in [2.05, 4.69) is 25.5 Å². The van der Waals surface area contributed by atoms with Gasteiger partial charge in [0.25, 0.3) is 5.56 Å². The number of hydrogen-bond acceptors (Lipinski definition) is 5. The zero-order valence-corrected chi connectivity index (χ0v) is 16.6. The molecule has 4 aromatic rings. The van der Waals surface area contributed by atoms with E-state index in [0.29, 0.717) is 33.1 Å². The topological polar surface area (TPSA) is 113 Å². The number of halogens is 1. The van der Waals surface area contributed by atoms with Crippen LogP contribution < -0.4 is 10.9 Å². The number of aromatic nitrogens is 4. The van der Waals surface area contributed by atoms with E-state index in [1.165, 1.54) is 24.6 Å². The number of aromatic amines is 2. The van der Waals surface area contributed by atoms with Crippen LogP contribution in [0.3, 0.4) is 0 Å². The number of hydrogen-bond donors (Lipinski definition) is 3. The fourth-order valence-corrected chi connectivity index (χ4v) is 4.03. The summed E-state index contributed by atoms with van der Waals surface area (Å²) in [5, 5.41) is 9.96. The van der Waals surface area contributed by atoms with Gasteiger partial charge in [0.05, 0.1) is 22.1 Å². The number of rotatable bonds is 3. The van der Waals surface area contributed by atoms with Crippen LogP contribution >= 0.6 is 0 Å². The molecule has 1 fully saturated rings. The number of H-pyrrole nitrogens is 2. The number of carbonyl (C=O) groups is 1. The highest BCUT2D eigenvalue weighted by Gasteiger charge is 2.19. The van der Waals surface area contributed by atoms with Crippen molar-refractivity contribution in [3.8, 4) is 11.3 Å². The van der Waals surface area contributed by atoms with Crippen molar-refractivity contribution in [2.45, 2.75) is 38.2 Å². The first-order chi connectivity index (χ1) is 15.1. The van der Waals surface area contributed by atoms with Crippen molar-refractivity contribution >= 4 is 33.8 Å². The van der Waals surface area contributed by atoms with E-state index >= 15 is 0 Å². The molecule has 1 amide bonds. The Morgan fingerprint density at radius 3 is 2.77 bits per heavy atom. The number of nitrogens with zero attached hydrogens (tertiary/aromatic N) is 2. The third-order valence-corrected chi connectivity index (χ3v) is 5.55. The fourth-order valence-electron chi connectivity index (χ4n) is 4.03. The van der Waals surface area contributed by atoms with Gasteiger partial charge in [-0.15, -0.1) is 0 Å². The molecule has 0 radical (unpaired) electrons. The van der Waals surface area contributed by atoms with Crippen molar-refractivity contribution in [3.05, 3.63) is 52.6 Å². The van der Waals surface area contributed by atoms with E-state index in [4.69, 9.17) is 4.74 Å². The minimum Gasteiger partial charge on any atom is -0.446 e. The predicted molar refractivity (Wildman–Crippen MR) is 114 cm³/mol. The van der Waals surface area contributed by atoms with Crippen LogP contribution in [-0.2, 0) is 4.74 Å². The lowest BCUT2D eigenvalue weighted by Crippen LogP contribution is -2.24. The molecular formula is C22H20FN5O3. The van der Waals surface area contributed by atoms with Crippen LogP contribution in [0.25, 0.3) is 33.1 Å². The lowest BCUT2D eigenvalue weighted by molar-refractivity contribution is 0.0864. The van der Waals surface area contributed by atoms with E-state index in [-0.39, 0.29) is 17.6 Å². The van der Waals surface area contributed by atoms with E-state index < -0.39 is 11.9 Å². The molecule has 0 atom stereocenters. The molecule has 1 aliphatic rings. The van der Waals surface area contributed by atoms with Crippen molar-refractivity contribution in [3.63, 3.8) is 0 Å². The maximum absolute atomic E-state index is 13.8. The molecular weight excluding hydrogens is 401 g/mol. The highest BCUT2D eigenvalue weighted by atomic mass is 19.1. The number of anilines is 1. The summed E-state index contributed by atoms with van der Waals surface area (Å²) in [4.78, 5) is 31.7. The van der Waals surface area contributed by atoms with Gasteiger partial charge >= 0.3 is 6.09 Å². The third-order valence-electron chi connectivity index (χ3n) is 5.55. The normalized spacial score (nSPS) is 14.7. The van der Waals surface area contributed by atoms with Gasteiger partial charge in [0.1, 0.15) is 11.9 Å². The zero-order chi connectivity index (χ0) is 21.4.